The normalized spacial score (nSPS) is 18.8. The number of aliphatic carboxylic acids is 1. The molecule has 1 unspecified atom stereocenters. The molecule has 2 N–H and O–H groups in total. The molecule has 1 atom stereocenters. The molecule has 34 heavy (non-hydrogen) atoms. The maximum atomic E-state index is 14.5. The fraction of sp³-hybridized carbons (Fsp3) is 0.400. The first-order chi connectivity index (χ1) is 16.0. The number of likely N-dealkylation sites (tertiary alicyclic amines) is 1. The molecular formula is C25H26F2N2O5. The van der Waals surface area contributed by atoms with Crippen LogP contribution in [0.15, 0.2) is 48.5 Å². The highest BCUT2D eigenvalue weighted by molar-refractivity contribution is 5.86. The number of hydrogen-bond donors (Lipinski definition) is 2. The van der Waals surface area contributed by atoms with Gasteiger partial charge in [0.25, 0.3) is 5.91 Å². The largest absolute Gasteiger partial charge is 0.481 e. The van der Waals surface area contributed by atoms with Crippen LogP contribution in [-0.4, -0.2) is 60.1 Å². The van der Waals surface area contributed by atoms with E-state index in [1.807, 2.05) is 53.8 Å². The van der Waals surface area contributed by atoms with Gasteiger partial charge in [-0.2, -0.15) is 8.78 Å². The number of hydrogen-bond acceptors (Lipinski definition) is 4. The van der Waals surface area contributed by atoms with Gasteiger partial charge in [-0.05, 0) is 27.7 Å². The van der Waals surface area contributed by atoms with Gasteiger partial charge in [-0.15, -0.1) is 0 Å². The van der Waals surface area contributed by atoms with Gasteiger partial charge in [-0.25, -0.2) is 4.79 Å². The summed E-state index contributed by atoms with van der Waals surface area (Å²) in [4.78, 5) is 36.8. The Morgan fingerprint density at radius 2 is 1.65 bits per heavy atom. The van der Waals surface area contributed by atoms with Crippen molar-refractivity contribution in [3.8, 4) is 11.1 Å². The van der Waals surface area contributed by atoms with Gasteiger partial charge in [0, 0.05) is 19.0 Å². The summed E-state index contributed by atoms with van der Waals surface area (Å²) in [5.74, 6) is -7.71. The summed E-state index contributed by atoms with van der Waals surface area (Å²) in [5, 5.41) is 11.3. The Morgan fingerprint density at radius 3 is 2.18 bits per heavy atom. The van der Waals surface area contributed by atoms with E-state index in [0.29, 0.717) is 0 Å². The maximum Gasteiger partial charge on any atom is 0.407 e. The number of carbonyl (C=O) groups excluding carboxylic acids is 2. The van der Waals surface area contributed by atoms with E-state index in [0.717, 1.165) is 27.2 Å². The number of nitrogens with zero attached hydrogens (tertiary/aromatic N) is 1. The molecule has 180 valence electrons. The quantitative estimate of drug-likeness (QED) is 0.668. The number of rotatable bonds is 6. The lowest BCUT2D eigenvalue weighted by Gasteiger charge is -2.24. The highest BCUT2D eigenvalue weighted by Gasteiger charge is 2.51. The smallest absolute Gasteiger partial charge is 0.407 e. The van der Waals surface area contributed by atoms with Crippen LogP contribution in [0.5, 0.6) is 0 Å². The van der Waals surface area contributed by atoms with E-state index in [2.05, 4.69) is 0 Å². The third kappa shape index (κ3) is 4.34. The fourth-order valence-electron chi connectivity index (χ4n) is 4.84. The first-order valence-corrected chi connectivity index (χ1v) is 11.0. The van der Waals surface area contributed by atoms with Crippen LogP contribution < -0.4 is 5.32 Å². The molecule has 1 saturated heterocycles. The number of alkyl halides is 2. The van der Waals surface area contributed by atoms with Crippen LogP contribution >= 0.6 is 0 Å². The SMILES string of the molecule is CC1(C)CN(C(=O)C(F)(F)CNC(=O)OCC2c3ccccc3-c3ccccc32)CC1C(=O)O. The summed E-state index contributed by atoms with van der Waals surface area (Å²) < 4.78 is 34.3. The molecule has 0 spiro atoms. The van der Waals surface area contributed by atoms with Gasteiger partial charge in [0.2, 0.25) is 0 Å². The Labute approximate surface area is 195 Å². The van der Waals surface area contributed by atoms with Crippen LogP contribution in [0.3, 0.4) is 0 Å². The molecule has 2 aromatic carbocycles. The van der Waals surface area contributed by atoms with Crippen LogP contribution in [-0.2, 0) is 14.3 Å². The molecular weight excluding hydrogens is 446 g/mol. The molecule has 0 bridgehead atoms. The molecule has 0 saturated carbocycles. The minimum Gasteiger partial charge on any atom is -0.481 e. The molecule has 4 rings (SSSR count). The number of alkyl carbamates (subject to hydrolysis) is 1. The maximum absolute atomic E-state index is 14.5. The molecule has 9 heteroatoms. The van der Waals surface area contributed by atoms with Gasteiger partial charge in [0.05, 0.1) is 12.5 Å². The summed E-state index contributed by atoms with van der Waals surface area (Å²) in [7, 11) is 0. The number of carboxylic acids is 1. The Kier molecular flexibility index (Phi) is 6.05. The van der Waals surface area contributed by atoms with E-state index in [-0.39, 0.29) is 25.6 Å². The Bertz CT molecular complexity index is 1090. The minimum absolute atomic E-state index is 0.0417. The standard InChI is InChI=1S/C25H26F2N2O5/c1-24(2)14-29(11-20(24)21(30)31)22(32)25(26,27)13-28-23(33)34-12-19-17-9-5-3-7-15(17)16-8-4-6-10-18(16)19/h3-10,19-20H,11-14H2,1-2H3,(H,28,33)(H,30,31). The zero-order valence-electron chi connectivity index (χ0n) is 18.9. The summed E-state index contributed by atoms with van der Waals surface area (Å²) in [6.07, 6.45) is -1.06. The number of benzene rings is 2. The van der Waals surface area contributed by atoms with Gasteiger partial charge < -0.3 is 20.1 Å². The molecule has 1 fully saturated rings. The number of ether oxygens (including phenoxy) is 1. The molecule has 1 heterocycles. The summed E-state index contributed by atoms with van der Waals surface area (Å²) in [5.41, 5.74) is 3.22. The second kappa shape index (κ2) is 8.70. The van der Waals surface area contributed by atoms with Crippen molar-refractivity contribution < 1.29 is 33.0 Å². The molecule has 7 nitrogen and oxygen atoms in total. The first-order valence-electron chi connectivity index (χ1n) is 11.0. The van der Waals surface area contributed by atoms with Crippen LogP contribution in [0.1, 0.15) is 30.9 Å². The molecule has 1 aliphatic carbocycles. The van der Waals surface area contributed by atoms with E-state index in [9.17, 15) is 28.3 Å². The van der Waals surface area contributed by atoms with E-state index < -0.39 is 41.8 Å². The average Bonchev–Trinajstić information content (AvgIpc) is 3.30. The van der Waals surface area contributed by atoms with Crippen molar-refractivity contribution in [2.24, 2.45) is 11.3 Å². The van der Waals surface area contributed by atoms with E-state index >= 15 is 0 Å². The molecule has 0 radical (unpaired) electrons. The second-order valence-corrected chi connectivity index (χ2v) is 9.45. The van der Waals surface area contributed by atoms with E-state index in [1.54, 1.807) is 13.8 Å². The van der Waals surface area contributed by atoms with Crippen LogP contribution in [0.4, 0.5) is 13.6 Å². The highest BCUT2D eigenvalue weighted by Crippen LogP contribution is 2.44. The van der Waals surface area contributed by atoms with Crippen LogP contribution in [0.2, 0.25) is 0 Å². The monoisotopic (exact) mass is 472 g/mol. The number of nitrogens with one attached hydrogen (secondary N) is 1. The molecule has 1 aliphatic heterocycles. The Morgan fingerprint density at radius 1 is 1.09 bits per heavy atom. The van der Waals surface area contributed by atoms with E-state index in [4.69, 9.17) is 4.74 Å². The highest BCUT2D eigenvalue weighted by atomic mass is 19.3. The van der Waals surface area contributed by atoms with Gasteiger partial charge in [0.1, 0.15) is 6.61 Å². The fourth-order valence-corrected chi connectivity index (χ4v) is 4.84. The number of fused-ring (bicyclic) bond motifs is 3. The number of carbonyl (C=O) groups is 3. The zero-order valence-corrected chi connectivity index (χ0v) is 18.9. The zero-order chi connectivity index (χ0) is 24.7. The molecule has 2 aromatic rings. The molecule has 2 aliphatic rings. The first kappa shape index (κ1) is 23.7. The summed E-state index contributed by atoms with van der Waals surface area (Å²) >= 11 is 0. The molecule has 2 amide bonds. The predicted molar refractivity (Wildman–Crippen MR) is 120 cm³/mol. The van der Waals surface area contributed by atoms with Crippen molar-refractivity contribution in [1.29, 1.82) is 0 Å². The van der Waals surface area contributed by atoms with Gasteiger partial charge in [0.15, 0.2) is 0 Å². The number of halogens is 2. The van der Waals surface area contributed by atoms with E-state index in [1.165, 1.54) is 0 Å². The molecule has 0 aromatic heterocycles. The van der Waals surface area contributed by atoms with Crippen molar-refractivity contribution in [3.63, 3.8) is 0 Å². The lowest BCUT2D eigenvalue weighted by molar-refractivity contribution is -0.156. The van der Waals surface area contributed by atoms with Gasteiger partial charge in [-0.3, -0.25) is 9.59 Å². The second-order valence-electron chi connectivity index (χ2n) is 9.45. The Balaban J connectivity index is 1.34. The van der Waals surface area contributed by atoms with Crippen molar-refractivity contribution in [1.82, 2.24) is 10.2 Å². The predicted octanol–water partition coefficient (Wildman–Crippen LogP) is 3.73. The number of amides is 2. The minimum atomic E-state index is -3.89. The van der Waals surface area contributed by atoms with Crippen molar-refractivity contribution in [2.45, 2.75) is 25.7 Å². The summed E-state index contributed by atoms with van der Waals surface area (Å²) in [6, 6.07) is 15.5. The van der Waals surface area contributed by atoms with Gasteiger partial charge in [-0.1, -0.05) is 62.4 Å². The van der Waals surface area contributed by atoms with Gasteiger partial charge >= 0.3 is 18.0 Å². The lowest BCUT2D eigenvalue weighted by atomic mass is 9.82. The Hall–Kier alpha value is -3.49. The van der Waals surface area contributed by atoms with Crippen molar-refractivity contribution in [2.75, 3.05) is 26.2 Å². The number of carboxylic acid groups (broad SMARTS) is 1. The van der Waals surface area contributed by atoms with Crippen LogP contribution in [0.25, 0.3) is 11.1 Å². The average molecular weight is 472 g/mol. The lowest BCUT2D eigenvalue weighted by Crippen LogP contribution is -2.49. The third-order valence-electron chi connectivity index (χ3n) is 6.64. The van der Waals surface area contributed by atoms with Crippen LogP contribution in [0, 0.1) is 11.3 Å². The van der Waals surface area contributed by atoms with Crippen molar-refractivity contribution >= 4 is 18.0 Å². The topological polar surface area (TPSA) is 95.9 Å². The van der Waals surface area contributed by atoms with Crippen molar-refractivity contribution in [3.05, 3.63) is 59.7 Å². The third-order valence-corrected chi connectivity index (χ3v) is 6.64. The summed E-state index contributed by atoms with van der Waals surface area (Å²) in [6.45, 7) is 1.54.